The van der Waals surface area contributed by atoms with Crippen LogP contribution in [-0.4, -0.2) is 28.4 Å². The van der Waals surface area contributed by atoms with Crippen LogP contribution < -0.4 is 10.5 Å². The molecule has 5 nitrogen and oxygen atoms in total. The zero-order chi connectivity index (χ0) is 12.1. The quantitative estimate of drug-likeness (QED) is 0.836. The number of hydrogen-bond acceptors (Lipinski definition) is 4. The summed E-state index contributed by atoms with van der Waals surface area (Å²) in [5, 5.41) is 4.09. The topological polar surface area (TPSA) is 66.0 Å². The molecule has 0 amide bonds. The van der Waals surface area contributed by atoms with Crippen LogP contribution in [0.25, 0.3) is 0 Å². The van der Waals surface area contributed by atoms with Gasteiger partial charge >= 0.3 is 0 Å². The maximum absolute atomic E-state index is 5.80. The van der Waals surface area contributed by atoms with Crippen molar-refractivity contribution in [3.8, 4) is 5.75 Å². The maximum Gasteiger partial charge on any atom is 0.137 e. The number of benzene rings is 1. The molecule has 0 saturated heterocycles. The molecule has 0 saturated carbocycles. The number of aromatic nitrogens is 3. The number of methoxy groups -OCH3 is 1. The lowest BCUT2D eigenvalue weighted by Crippen LogP contribution is -2.18. The van der Waals surface area contributed by atoms with E-state index in [4.69, 9.17) is 10.5 Å². The molecule has 1 aromatic carbocycles. The molecular weight excluding hydrogens is 216 g/mol. The Kier molecular flexibility index (Phi) is 3.72. The van der Waals surface area contributed by atoms with Crippen LogP contribution in [0, 0.1) is 0 Å². The molecule has 0 bridgehead atoms. The third kappa shape index (κ3) is 2.82. The number of hydrogen-bond donors (Lipinski definition) is 1. The van der Waals surface area contributed by atoms with E-state index < -0.39 is 0 Å². The number of nitrogens with zero attached hydrogens (tertiary/aromatic N) is 3. The van der Waals surface area contributed by atoms with Gasteiger partial charge in [-0.05, 0) is 17.7 Å². The molecule has 2 N–H and O–H groups in total. The van der Waals surface area contributed by atoms with Crippen LogP contribution in [0.2, 0.25) is 0 Å². The normalized spacial score (nSPS) is 12.4. The summed E-state index contributed by atoms with van der Waals surface area (Å²) in [6.07, 6.45) is 3.23. The van der Waals surface area contributed by atoms with Crippen LogP contribution in [0.5, 0.6) is 5.75 Å². The van der Waals surface area contributed by atoms with Crippen molar-refractivity contribution in [2.24, 2.45) is 5.73 Å². The van der Waals surface area contributed by atoms with E-state index in [9.17, 15) is 0 Å². The van der Waals surface area contributed by atoms with Crippen LogP contribution in [0.1, 0.15) is 11.5 Å². The third-order valence-corrected chi connectivity index (χ3v) is 2.75. The molecule has 1 atom stereocenters. The zero-order valence-corrected chi connectivity index (χ0v) is 9.78. The smallest absolute Gasteiger partial charge is 0.137 e. The van der Waals surface area contributed by atoms with Crippen molar-refractivity contribution in [3.05, 3.63) is 42.5 Å². The Morgan fingerprint density at radius 2 is 2.12 bits per heavy atom. The number of ether oxygens (including phenoxy) is 1. The van der Waals surface area contributed by atoms with Gasteiger partial charge in [-0.15, -0.1) is 0 Å². The summed E-state index contributed by atoms with van der Waals surface area (Å²) in [5.41, 5.74) is 6.98. The van der Waals surface area contributed by atoms with Crippen molar-refractivity contribution < 1.29 is 4.74 Å². The second kappa shape index (κ2) is 5.45. The first-order valence-electron chi connectivity index (χ1n) is 5.50. The van der Waals surface area contributed by atoms with Crippen LogP contribution in [0.3, 0.4) is 0 Å². The summed E-state index contributed by atoms with van der Waals surface area (Å²) in [6, 6.07) is 7.96. The highest BCUT2D eigenvalue weighted by Crippen LogP contribution is 2.19. The SMILES string of the molecule is COc1ccc(C(CN)Cn2cncn2)cc1. The van der Waals surface area contributed by atoms with E-state index in [1.165, 1.54) is 11.9 Å². The predicted octanol–water partition coefficient (Wildman–Crippen LogP) is 1.03. The van der Waals surface area contributed by atoms with Crippen LogP contribution in [0.15, 0.2) is 36.9 Å². The number of nitrogens with two attached hydrogens (primary N) is 1. The number of rotatable bonds is 5. The van der Waals surface area contributed by atoms with Crippen LogP contribution in [0.4, 0.5) is 0 Å². The van der Waals surface area contributed by atoms with Crippen LogP contribution >= 0.6 is 0 Å². The van der Waals surface area contributed by atoms with Crippen molar-refractivity contribution in [3.63, 3.8) is 0 Å². The molecule has 90 valence electrons. The summed E-state index contributed by atoms with van der Waals surface area (Å²) < 4.78 is 6.92. The molecule has 5 heteroatoms. The Morgan fingerprint density at radius 1 is 1.35 bits per heavy atom. The monoisotopic (exact) mass is 232 g/mol. The van der Waals surface area contributed by atoms with Gasteiger partial charge in [-0.1, -0.05) is 12.1 Å². The minimum absolute atomic E-state index is 0.239. The fraction of sp³-hybridized carbons (Fsp3) is 0.333. The van der Waals surface area contributed by atoms with Gasteiger partial charge in [-0.2, -0.15) is 5.10 Å². The summed E-state index contributed by atoms with van der Waals surface area (Å²) in [6.45, 7) is 1.31. The van der Waals surface area contributed by atoms with Crippen LogP contribution in [-0.2, 0) is 6.54 Å². The Balaban J connectivity index is 2.11. The molecule has 1 unspecified atom stereocenters. The van der Waals surface area contributed by atoms with E-state index in [0.717, 1.165) is 12.3 Å². The molecule has 0 radical (unpaired) electrons. The molecule has 2 aromatic rings. The Hall–Kier alpha value is -1.88. The van der Waals surface area contributed by atoms with E-state index in [1.807, 2.05) is 24.3 Å². The first-order chi connectivity index (χ1) is 8.33. The Bertz CT molecular complexity index is 438. The minimum Gasteiger partial charge on any atom is -0.497 e. The first kappa shape index (κ1) is 11.6. The summed E-state index contributed by atoms with van der Waals surface area (Å²) in [5.74, 6) is 1.09. The van der Waals surface area contributed by atoms with E-state index in [2.05, 4.69) is 10.1 Å². The van der Waals surface area contributed by atoms with Gasteiger partial charge in [0.1, 0.15) is 18.4 Å². The average molecular weight is 232 g/mol. The molecule has 0 aliphatic heterocycles. The van der Waals surface area contributed by atoms with E-state index in [1.54, 1.807) is 18.1 Å². The third-order valence-electron chi connectivity index (χ3n) is 2.75. The lowest BCUT2D eigenvalue weighted by atomic mass is 9.99. The highest BCUT2D eigenvalue weighted by atomic mass is 16.5. The van der Waals surface area contributed by atoms with Gasteiger partial charge in [0.05, 0.1) is 13.7 Å². The van der Waals surface area contributed by atoms with Gasteiger partial charge in [-0.3, -0.25) is 4.68 Å². The fourth-order valence-corrected chi connectivity index (χ4v) is 1.74. The average Bonchev–Trinajstić information content (AvgIpc) is 2.89. The van der Waals surface area contributed by atoms with Crippen molar-refractivity contribution in [2.45, 2.75) is 12.5 Å². The fourth-order valence-electron chi connectivity index (χ4n) is 1.74. The van der Waals surface area contributed by atoms with Crippen molar-refractivity contribution in [1.29, 1.82) is 0 Å². The van der Waals surface area contributed by atoms with Gasteiger partial charge < -0.3 is 10.5 Å². The van der Waals surface area contributed by atoms with Crippen molar-refractivity contribution in [1.82, 2.24) is 14.8 Å². The molecule has 0 aliphatic rings. The van der Waals surface area contributed by atoms with Crippen molar-refractivity contribution >= 4 is 0 Å². The second-order valence-electron chi connectivity index (χ2n) is 3.82. The van der Waals surface area contributed by atoms with Gasteiger partial charge in [-0.25, -0.2) is 4.98 Å². The largest absolute Gasteiger partial charge is 0.497 e. The Morgan fingerprint density at radius 3 is 2.65 bits per heavy atom. The molecule has 0 fully saturated rings. The molecule has 0 spiro atoms. The van der Waals surface area contributed by atoms with Gasteiger partial charge in [0.15, 0.2) is 0 Å². The molecule has 1 heterocycles. The molecule has 17 heavy (non-hydrogen) atoms. The molecule has 2 rings (SSSR count). The summed E-state index contributed by atoms with van der Waals surface area (Å²) in [7, 11) is 1.66. The van der Waals surface area contributed by atoms with E-state index in [-0.39, 0.29) is 5.92 Å². The predicted molar refractivity (Wildman–Crippen MR) is 64.8 cm³/mol. The standard InChI is InChI=1S/C12H16N4O/c1-17-12-4-2-10(3-5-12)11(6-13)7-16-9-14-8-15-16/h2-5,8-9,11H,6-7,13H2,1H3. The second-order valence-corrected chi connectivity index (χ2v) is 3.82. The summed E-state index contributed by atoms with van der Waals surface area (Å²) >= 11 is 0. The zero-order valence-electron chi connectivity index (χ0n) is 9.78. The highest BCUT2D eigenvalue weighted by molar-refractivity contribution is 5.29. The van der Waals surface area contributed by atoms with Gasteiger partial charge in [0.25, 0.3) is 0 Å². The molecular formula is C12H16N4O. The van der Waals surface area contributed by atoms with E-state index in [0.29, 0.717) is 6.54 Å². The lowest BCUT2D eigenvalue weighted by Gasteiger charge is -2.15. The first-order valence-corrected chi connectivity index (χ1v) is 5.50. The highest BCUT2D eigenvalue weighted by Gasteiger charge is 2.10. The van der Waals surface area contributed by atoms with Gasteiger partial charge in [0.2, 0.25) is 0 Å². The minimum atomic E-state index is 0.239. The van der Waals surface area contributed by atoms with E-state index >= 15 is 0 Å². The lowest BCUT2D eigenvalue weighted by molar-refractivity contribution is 0.414. The Labute approximate surface area is 100 Å². The molecule has 0 aliphatic carbocycles. The van der Waals surface area contributed by atoms with Gasteiger partial charge in [0, 0.05) is 12.5 Å². The van der Waals surface area contributed by atoms with Crippen molar-refractivity contribution in [2.75, 3.05) is 13.7 Å². The maximum atomic E-state index is 5.80. The molecule has 1 aromatic heterocycles. The summed E-state index contributed by atoms with van der Waals surface area (Å²) in [4.78, 5) is 3.92.